The van der Waals surface area contributed by atoms with Gasteiger partial charge < -0.3 is 18.9 Å². The van der Waals surface area contributed by atoms with Crippen LogP contribution < -0.4 is 19.1 Å². The van der Waals surface area contributed by atoms with E-state index in [0.29, 0.717) is 46.2 Å². The Balaban J connectivity index is 1.91. The minimum absolute atomic E-state index is 0.120. The molecule has 1 aliphatic heterocycles. The van der Waals surface area contributed by atoms with Gasteiger partial charge in [0.2, 0.25) is 5.91 Å². The van der Waals surface area contributed by atoms with Gasteiger partial charge in [0.25, 0.3) is 0 Å². The van der Waals surface area contributed by atoms with Crippen LogP contribution in [0.15, 0.2) is 54.6 Å². The molecule has 0 spiro atoms. The van der Waals surface area contributed by atoms with Crippen LogP contribution in [0.4, 0.5) is 5.69 Å². The van der Waals surface area contributed by atoms with Crippen LogP contribution in [0.5, 0.6) is 17.2 Å². The first-order valence-electron chi connectivity index (χ1n) is 11.8. The molecule has 1 aliphatic rings. The molecule has 1 atom stereocenters. The number of hydrogen-bond donors (Lipinski definition) is 0. The Morgan fingerprint density at radius 1 is 0.892 bits per heavy atom. The topological polar surface area (TPSA) is 74.3 Å². The second kappa shape index (κ2) is 11.8. The highest BCUT2D eigenvalue weighted by Crippen LogP contribution is 2.46. The average Bonchev–Trinajstić information content (AvgIpc) is 2.88. The lowest BCUT2D eigenvalue weighted by Crippen LogP contribution is -2.41. The quantitative estimate of drug-likeness (QED) is 0.307. The summed E-state index contributed by atoms with van der Waals surface area (Å²) in [5.41, 5.74) is 2.95. The fraction of sp³-hybridized carbons (Fsp3) is 0.286. The number of fused-ring (bicyclic) bond motifs is 1. The number of carbonyl (C=O) groups is 2. The first-order chi connectivity index (χ1) is 17.9. The zero-order valence-corrected chi connectivity index (χ0v) is 22.3. The van der Waals surface area contributed by atoms with Crippen molar-refractivity contribution in [2.75, 3.05) is 31.8 Å². The van der Waals surface area contributed by atoms with Gasteiger partial charge in [-0.15, -0.1) is 0 Å². The lowest BCUT2D eigenvalue weighted by Gasteiger charge is -2.38. The van der Waals surface area contributed by atoms with Crippen molar-refractivity contribution in [2.24, 2.45) is 0 Å². The van der Waals surface area contributed by atoms with E-state index in [2.05, 4.69) is 0 Å². The van der Waals surface area contributed by atoms with E-state index in [1.807, 2.05) is 38.1 Å². The van der Waals surface area contributed by atoms with Crippen LogP contribution in [0.25, 0.3) is 0 Å². The minimum atomic E-state index is -0.553. The first kappa shape index (κ1) is 26.6. The molecule has 0 radical (unpaired) electrons. The molecule has 0 aromatic heterocycles. The monoisotopic (exact) mass is 543 g/mol. The zero-order chi connectivity index (χ0) is 26.5. The zero-order valence-electron chi connectivity index (χ0n) is 20.8. The number of anilines is 1. The van der Waals surface area contributed by atoms with E-state index in [1.165, 1.54) is 7.11 Å². The van der Waals surface area contributed by atoms with E-state index in [1.54, 1.807) is 35.2 Å². The number of amides is 1. The molecule has 9 heteroatoms. The van der Waals surface area contributed by atoms with Crippen LogP contribution in [-0.2, 0) is 20.7 Å². The van der Waals surface area contributed by atoms with Gasteiger partial charge in [-0.1, -0.05) is 35.3 Å². The maximum Gasteiger partial charge on any atom is 0.343 e. The van der Waals surface area contributed by atoms with Crippen molar-refractivity contribution in [2.45, 2.75) is 26.3 Å². The average molecular weight is 544 g/mol. The van der Waals surface area contributed by atoms with E-state index < -0.39 is 12.0 Å². The van der Waals surface area contributed by atoms with Crippen molar-refractivity contribution in [1.82, 2.24) is 0 Å². The molecular formula is C28H27Cl2NO6. The molecule has 7 nitrogen and oxygen atoms in total. The molecule has 1 heterocycles. The smallest absolute Gasteiger partial charge is 0.343 e. The number of halogens is 2. The largest absolute Gasteiger partial charge is 0.490 e. The second-order valence-electron chi connectivity index (χ2n) is 8.24. The highest BCUT2D eigenvalue weighted by molar-refractivity contribution is 6.31. The maximum atomic E-state index is 13.8. The molecule has 0 bridgehead atoms. The SMILES string of the molecule is CCOc1cc2c(cc1OCC)C(c1ccc(Cl)cc1)N(c1cc(Cl)ccc1OCC(=O)OC)C(=O)C2. The normalized spacial score (nSPS) is 14.7. The number of rotatable bonds is 9. The number of hydrogen-bond acceptors (Lipinski definition) is 6. The molecule has 0 fully saturated rings. The molecular weight excluding hydrogens is 517 g/mol. The van der Waals surface area contributed by atoms with Gasteiger partial charge in [-0.2, -0.15) is 0 Å². The Kier molecular flexibility index (Phi) is 8.46. The Bertz CT molecular complexity index is 1290. The van der Waals surface area contributed by atoms with E-state index in [9.17, 15) is 9.59 Å². The Labute approximate surface area is 225 Å². The lowest BCUT2D eigenvalue weighted by atomic mass is 9.86. The Morgan fingerprint density at radius 3 is 2.19 bits per heavy atom. The standard InChI is InChI=1S/C28H27Cl2NO6/c1-4-35-24-12-18-13-26(32)31(22-14-20(30)10-11-23(22)37-16-27(33)34-3)28(17-6-8-19(29)9-7-17)21(18)15-25(24)36-5-2/h6-12,14-15,28H,4-5,13,16H2,1-3H3. The van der Waals surface area contributed by atoms with Crippen molar-refractivity contribution in [3.05, 3.63) is 81.3 Å². The molecule has 1 unspecified atom stereocenters. The van der Waals surface area contributed by atoms with Crippen molar-refractivity contribution in [1.29, 1.82) is 0 Å². The fourth-order valence-corrected chi connectivity index (χ4v) is 4.63. The predicted molar refractivity (Wildman–Crippen MR) is 142 cm³/mol. The van der Waals surface area contributed by atoms with Crippen LogP contribution in [-0.4, -0.2) is 38.8 Å². The lowest BCUT2D eigenvalue weighted by molar-refractivity contribution is -0.142. The molecule has 3 aromatic carbocycles. The van der Waals surface area contributed by atoms with Gasteiger partial charge in [0.15, 0.2) is 18.1 Å². The Hall–Kier alpha value is -3.42. The summed E-state index contributed by atoms with van der Waals surface area (Å²) in [4.78, 5) is 27.2. The number of nitrogens with zero attached hydrogens (tertiary/aromatic N) is 1. The van der Waals surface area contributed by atoms with Crippen molar-refractivity contribution in [3.8, 4) is 17.2 Å². The van der Waals surface area contributed by atoms with Crippen LogP contribution in [0.1, 0.15) is 36.6 Å². The summed E-state index contributed by atoms with van der Waals surface area (Å²) in [5.74, 6) is 0.773. The van der Waals surface area contributed by atoms with Gasteiger partial charge in [0.1, 0.15) is 5.75 Å². The molecule has 0 saturated heterocycles. The van der Waals surface area contributed by atoms with Gasteiger partial charge in [0, 0.05) is 10.0 Å². The van der Waals surface area contributed by atoms with Gasteiger partial charge in [-0.25, -0.2) is 4.79 Å². The summed E-state index contributed by atoms with van der Waals surface area (Å²) >= 11 is 12.6. The summed E-state index contributed by atoms with van der Waals surface area (Å²) in [6, 6.07) is 15.5. The van der Waals surface area contributed by atoms with Gasteiger partial charge in [-0.05, 0) is 73.0 Å². The van der Waals surface area contributed by atoms with Crippen molar-refractivity contribution in [3.63, 3.8) is 0 Å². The number of methoxy groups -OCH3 is 1. The molecule has 0 N–H and O–H groups in total. The van der Waals surface area contributed by atoms with E-state index >= 15 is 0 Å². The molecule has 0 aliphatic carbocycles. The molecule has 1 amide bonds. The van der Waals surface area contributed by atoms with Crippen LogP contribution >= 0.6 is 23.2 Å². The fourth-order valence-electron chi connectivity index (χ4n) is 4.34. The van der Waals surface area contributed by atoms with Crippen LogP contribution in [0.2, 0.25) is 10.0 Å². The summed E-state index contributed by atoms with van der Waals surface area (Å²) < 4.78 is 22.2. The van der Waals surface area contributed by atoms with Gasteiger partial charge in [-0.3, -0.25) is 9.69 Å². The number of ether oxygens (including phenoxy) is 4. The first-order valence-corrected chi connectivity index (χ1v) is 12.6. The summed E-state index contributed by atoms with van der Waals surface area (Å²) in [7, 11) is 1.28. The molecule has 0 saturated carbocycles. The van der Waals surface area contributed by atoms with Crippen LogP contribution in [0, 0.1) is 0 Å². The summed E-state index contributed by atoms with van der Waals surface area (Å²) in [6.07, 6.45) is 0.120. The van der Waals surface area contributed by atoms with Crippen molar-refractivity contribution >= 4 is 40.8 Å². The highest BCUT2D eigenvalue weighted by Gasteiger charge is 2.37. The van der Waals surface area contributed by atoms with E-state index in [0.717, 1.165) is 16.7 Å². The second-order valence-corrected chi connectivity index (χ2v) is 9.11. The minimum Gasteiger partial charge on any atom is -0.490 e. The molecule has 3 aromatic rings. The number of carbonyl (C=O) groups excluding carboxylic acids is 2. The number of benzene rings is 3. The molecule has 37 heavy (non-hydrogen) atoms. The van der Waals surface area contributed by atoms with Crippen LogP contribution in [0.3, 0.4) is 0 Å². The van der Waals surface area contributed by atoms with E-state index in [4.69, 9.17) is 42.1 Å². The summed E-state index contributed by atoms with van der Waals surface area (Å²) in [5, 5.41) is 0.986. The van der Waals surface area contributed by atoms with Crippen molar-refractivity contribution < 1.29 is 28.5 Å². The molecule has 194 valence electrons. The highest BCUT2D eigenvalue weighted by atomic mass is 35.5. The Morgan fingerprint density at radius 2 is 1.54 bits per heavy atom. The maximum absolute atomic E-state index is 13.8. The third-order valence-corrected chi connectivity index (χ3v) is 6.39. The molecule has 4 rings (SSSR count). The summed E-state index contributed by atoms with van der Waals surface area (Å²) in [6.45, 7) is 4.39. The third kappa shape index (κ3) is 5.78. The van der Waals surface area contributed by atoms with Gasteiger partial charge >= 0.3 is 5.97 Å². The predicted octanol–water partition coefficient (Wildman–Crippen LogP) is 6.02. The third-order valence-electron chi connectivity index (χ3n) is 5.91. The number of esters is 1. The van der Waals surface area contributed by atoms with Gasteiger partial charge in [0.05, 0.1) is 38.5 Å². The van der Waals surface area contributed by atoms with E-state index in [-0.39, 0.29) is 18.9 Å².